The van der Waals surface area contributed by atoms with E-state index in [0.29, 0.717) is 16.1 Å². The summed E-state index contributed by atoms with van der Waals surface area (Å²) in [6, 6.07) is 2.08. The van der Waals surface area contributed by atoms with Gasteiger partial charge in [0.25, 0.3) is 0 Å². The van der Waals surface area contributed by atoms with Crippen molar-refractivity contribution in [2.75, 3.05) is 6.54 Å². The normalized spacial score (nSPS) is 18.1. The first-order valence-corrected chi connectivity index (χ1v) is 8.30. The molecule has 0 saturated carbocycles. The molecule has 1 atom stereocenters. The number of fused-ring (bicyclic) bond motifs is 1. The van der Waals surface area contributed by atoms with Crippen LogP contribution < -0.4 is 5.32 Å². The van der Waals surface area contributed by atoms with Gasteiger partial charge < -0.3 is 5.32 Å². The Morgan fingerprint density at radius 3 is 3.05 bits per heavy atom. The van der Waals surface area contributed by atoms with Crippen LogP contribution in [0.4, 0.5) is 0 Å². The topological polar surface area (TPSA) is 37.8 Å². The van der Waals surface area contributed by atoms with Crippen LogP contribution in [-0.2, 0) is 6.42 Å². The van der Waals surface area contributed by atoms with Crippen molar-refractivity contribution >= 4 is 34.5 Å². The van der Waals surface area contributed by atoms with Crippen molar-refractivity contribution in [3.05, 3.63) is 32.9 Å². The average molecular weight is 328 g/mol. The number of nitrogens with one attached hydrogen (secondary N) is 1. The Morgan fingerprint density at radius 1 is 1.45 bits per heavy atom. The fraction of sp³-hybridized carbons (Fsp3) is 0.429. The van der Waals surface area contributed by atoms with E-state index in [9.17, 15) is 0 Å². The van der Waals surface area contributed by atoms with E-state index in [-0.39, 0.29) is 0 Å². The van der Waals surface area contributed by atoms with Crippen LogP contribution >= 0.6 is 34.5 Å². The fourth-order valence-corrected chi connectivity index (χ4v) is 4.24. The summed E-state index contributed by atoms with van der Waals surface area (Å²) >= 11 is 13.8. The fourth-order valence-electron chi connectivity index (χ4n) is 2.54. The number of thiazole rings is 1. The van der Waals surface area contributed by atoms with Crippen LogP contribution in [0.25, 0.3) is 10.7 Å². The second-order valence-electron chi connectivity index (χ2n) is 4.81. The Bertz CT molecular complexity index is 627. The molecule has 2 heterocycles. The molecule has 0 aromatic carbocycles. The summed E-state index contributed by atoms with van der Waals surface area (Å²) in [5.74, 6) is 0. The van der Waals surface area contributed by atoms with E-state index < -0.39 is 0 Å². The minimum absolute atomic E-state index is 0.361. The van der Waals surface area contributed by atoms with E-state index >= 15 is 0 Å². The van der Waals surface area contributed by atoms with Crippen LogP contribution in [0.5, 0.6) is 0 Å². The lowest BCUT2D eigenvalue weighted by molar-refractivity contribution is 0.465. The Hall–Kier alpha value is -0.680. The molecule has 1 unspecified atom stereocenters. The third-order valence-corrected chi connectivity index (χ3v) is 5.05. The van der Waals surface area contributed by atoms with Gasteiger partial charge >= 0.3 is 0 Å². The number of aryl methyl sites for hydroxylation is 1. The van der Waals surface area contributed by atoms with Gasteiger partial charge in [0.2, 0.25) is 0 Å². The molecule has 3 rings (SSSR count). The summed E-state index contributed by atoms with van der Waals surface area (Å²) in [7, 11) is 0. The first kappa shape index (κ1) is 14.3. The number of hydrogen-bond donors (Lipinski definition) is 1. The van der Waals surface area contributed by atoms with Crippen molar-refractivity contribution in [2.45, 2.75) is 32.2 Å². The van der Waals surface area contributed by atoms with Crippen molar-refractivity contribution in [2.24, 2.45) is 0 Å². The summed E-state index contributed by atoms with van der Waals surface area (Å²) in [5, 5.41) is 5.49. The van der Waals surface area contributed by atoms with Gasteiger partial charge in [0.05, 0.1) is 21.8 Å². The van der Waals surface area contributed by atoms with Gasteiger partial charge in [-0.1, -0.05) is 30.1 Å². The van der Waals surface area contributed by atoms with E-state index in [1.165, 1.54) is 17.0 Å². The standard InChI is InChI=1S/C14H15Cl2N3S/c1-2-17-10-4-3-5-11-13(10)19-14(20-11)12-9(16)6-8(15)7-18-12/h6-7,10,17H,2-5H2,1H3. The SMILES string of the molecule is CCNC1CCCc2sc(-c3ncc(Cl)cc3Cl)nc21. The third-order valence-electron chi connectivity index (χ3n) is 3.42. The van der Waals surface area contributed by atoms with Crippen molar-refractivity contribution < 1.29 is 0 Å². The summed E-state index contributed by atoms with van der Waals surface area (Å²) < 4.78 is 0. The molecule has 0 saturated heterocycles. The number of pyridine rings is 1. The minimum Gasteiger partial charge on any atom is -0.309 e. The molecule has 0 radical (unpaired) electrons. The van der Waals surface area contributed by atoms with Crippen LogP contribution in [0.2, 0.25) is 10.0 Å². The molecular weight excluding hydrogens is 313 g/mol. The lowest BCUT2D eigenvalue weighted by Gasteiger charge is -2.21. The molecule has 1 aliphatic rings. The third kappa shape index (κ3) is 2.70. The van der Waals surface area contributed by atoms with E-state index in [4.69, 9.17) is 28.2 Å². The van der Waals surface area contributed by atoms with Crippen molar-refractivity contribution in [3.63, 3.8) is 0 Å². The maximum absolute atomic E-state index is 6.23. The van der Waals surface area contributed by atoms with Gasteiger partial charge in [-0.15, -0.1) is 11.3 Å². The maximum Gasteiger partial charge on any atom is 0.143 e. The highest BCUT2D eigenvalue weighted by Crippen LogP contribution is 2.38. The Kier molecular flexibility index (Phi) is 4.26. The predicted octanol–water partition coefficient (Wildman–Crippen LogP) is 4.50. The molecule has 0 bridgehead atoms. The van der Waals surface area contributed by atoms with Gasteiger partial charge in [-0.05, 0) is 31.9 Å². The average Bonchev–Trinajstić information content (AvgIpc) is 2.83. The highest BCUT2D eigenvalue weighted by atomic mass is 35.5. The molecule has 0 spiro atoms. The maximum atomic E-state index is 6.23. The zero-order valence-corrected chi connectivity index (χ0v) is 13.4. The molecule has 3 nitrogen and oxygen atoms in total. The molecule has 0 amide bonds. The molecule has 6 heteroatoms. The Balaban J connectivity index is 2.00. The summed E-state index contributed by atoms with van der Waals surface area (Å²) in [6.45, 7) is 3.08. The Morgan fingerprint density at radius 2 is 2.30 bits per heavy atom. The second-order valence-corrected chi connectivity index (χ2v) is 6.74. The predicted molar refractivity (Wildman–Crippen MR) is 84.7 cm³/mol. The lowest BCUT2D eigenvalue weighted by Crippen LogP contribution is -2.24. The number of aromatic nitrogens is 2. The van der Waals surface area contributed by atoms with Crippen LogP contribution in [0, 0.1) is 0 Å². The van der Waals surface area contributed by atoms with Gasteiger partial charge in [-0.3, -0.25) is 4.98 Å². The molecule has 2 aromatic heterocycles. The van der Waals surface area contributed by atoms with Crippen molar-refractivity contribution in [1.29, 1.82) is 0 Å². The monoisotopic (exact) mass is 327 g/mol. The zero-order valence-electron chi connectivity index (χ0n) is 11.1. The first-order chi connectivity index (χ1) is 9.69. The molecule has 1 N–H and O–H groups in total. The molecule has 1 aliphatic carbocycles. The minimum atomic E-state index is 0.361. The number of rotatable bonds is 3. The van der Waals surface area contributed by atoms with E-state index in [0.717, 1.165) is 30.1 Å². The van der Waals surface area contributed by atoms with Gasteiger partial charge in [0.15, 0.2) is 0 Å². The van der Waals surface area contributed by atoms with E-state index in [1.54, 1.807) is 23.6 Å². The molecule has 20 heavy (non-hydrogen) atoms. The van der Waals surface area contributed by atoms with Crippen LogP contribution in [0.15, 0.2) is 12.3 Å². The zero-order chi connectivity index (χ0) is 14.1. The first-order valence-electron chi connectivity index (χ1n) is 6.73. The second kappa shape index (κ2) is 5.98. The van der Waals surface area contributed by atoms with Crippen molar-refractivity contribution in [1.82, 2.24) is 15.3 Å². The Labute approximate surface area is 132 Å². The van der Waals surface area contributed by atoms with Gasteiger partial charge in [-0.2, -0.15) is 0 Å². The van der Waals surface area contributed by atoms with Gasteiger partial charge in [-0.25, -0.2) is 4.98 Å². The van der Waals surface area contributed by atoms with Crippen LogP contribution in [0.1, 0.15) is 36.4 Å². The smallest absolute Gasteiger partial charge is 0.143 e. The quantitative estimate of drug-likeness (QED) is 0.901. The van der Waals surface area contributed by atoms with Gasteiger partial charge in [0, 0.05) is 11.1 Å². The van der Waals surface area contributed by atoms with Crippen LogP contribution in [0.3, 0.4) is 0 Å². The number of nitrogens with zero attached hydrogens (tertiary/aromatic N) is 2. The van der Waals surface area contributed by atoms with E-state index in [2.05, 4.69) is 17.2 Å². The van der Waals surface area contributed by atoms with Crippen molar-refractivity contribution in [3.8, 4) is 10.7 Å². The lowest BCUT2D eigenvalue weighted by atomic mass is 9.98. The molecule has 0 fully saturated rings. The van der Waals surface area contributed by atoms with Gasteiger partial charge in [0.1, 0.15) is 10.7 Å². The summed E-state index contributed by atoms with van der Waals surface area (Å²) in [4.78, 5) is 10.5. The van der Waals surface area contributed by atoms with Crippen LogP contribution in [-0.4, -0.2) is 16.5 Å². The number of hydrogen-bond acceptors (Lipinski definition) is 4. The molecule has 0 aliphatic heterocycles. The number of halogens is 2. The summed E-state index contributed by atoms with van der Waals surface area (Å²) in [6.07, 6.45) is 5.06. The summed E-state index contributed by atoms with van der Waals surface area (Å²) in [5.41, 5.74) is 1.90. The van der Waals surface area contributed by atoms with E-state index in [1.807, 2.05) is 0 Å². The molecule has 2 aromatic rings. The highest BCUT2D eigenvalue weighted by molar-refractivity contribution is 7.15. The molecular formula is C14H15Cl2N3S. The highest BCUT2D eigenvalue weighted by Gasteiger charge is 2.25. The largest absolute Gasteiger partial charge is 0.309 e. The molecule has 106 valence electrons.